The number of allylic oxidation sites excluding steroid dienone is 1. The molecule has 0 saturated heterocycles. The van der Waals surface area contributed by atoms with Crippen molar-refractivity contribution in [1.29, 1.82) is 0 Å². The van der Waals surface area contributed by atoms with E-state index in [1.807, 2.05) is 0 Å². The maximum atomic E-state index is 3.77. The van der Waals surface area contributed by atoms with Gasteiger partial charge in [-0.15, -0.1) is 0 Å². The third-order valence-corrected chi connectivity index (χ3v) is 0.928. The Bertz CT molecular complexity index is 108. The van der Waals surface area contributed by atoms with Crippen molar-refractivity contribution in [3.8, 4) is 0 Å². The lowest BCUT2D eigenvalue weighted by Crippen LogP contribution is -1.73. The van der Waals surface area contributed by atoms with Gasteiger partial charge in [0.2, 0.25) is 0 Å². The van der Waals surface area contributed by atoms with Gasteiger partial charge in [-0.1, -0.05) is 13.3 Å². The second-order valence-corrected chi connectivity index (χ2v) is 1.87. The first-order valence-electron chi connectivity index (χ1n) is 2.98. The average Bonchev–Trinajstić information content (AvgIpc) is 1.68. The van der Waals surface area contributed by atoms with Gasteiger partial charge in [0.1, 0.15) is 0 Å². The minimum absolute atomic E-state index is 1.12. The van der Waals surface area contributed by atoms with E-state index >= 15 is 0 Å². The van der Waals surface area contributed by atoms with Crippen LogP contribution in [0.15, 0.2) is 10.6 Å². The summed E-state index contributed by atoms with van der Waals surface area (Å²) in [4.78, 5) is 3.77. The van der Waals surface area contributed by atoms with Crippen molar-refractivity contribution in [3.05, 3.63) is 5.57 Å². The first-order valence-corrected chi connectivity index (χ1v) is 2.98. The summed E-state index contributed by atoms with van der Waals surface area (Å²) in [5.41, 5.74) is 1.25. The molecule has 0 amide bonds. The number of nitrogens with zero attached hydrogens (tertiary/aromatic N) is 1. The fraction of sp³-hybridized carbons (Fsp3) is 0.714. The molecule has 46 valence electrons. The molecular formula is C7H13N. The first-order chi connectivity index (χ1) is 3.81. The zero-order valence-electron chi connectivity index (χ0n) is 5.86. The van der Waals surface area contributed by atoms with Crippen molar-refractivity contribution in [1.82, 2.24) is 0 Å². The second kappa shape index (κ2) is 4.61. The van der Waals surface area contributed by atoms with Crippen molar-refractivity contribution in [2.24, 2.45) is 4.99 Å². The predicted octanol–water partition coefficient (Wildman–Crippen LogP) is 2.03. The molecule has 0 N–H and O–H groups in total. The van der Waals surface area contributed by atoms with Gasteiger partial charge in [-0.3, -0.25) is 0 Å². The Morgan fingerprint density at radius 2 is 2.25 bits per heavy atom. The Kier molecular flexibility index (Phi) is 4.29. The fourth-order valence-corrected chi connectivity index (χ4v) is 0.622. The van der Waals surface area contributed by atoms with Crippen LogP contribution in [0.4, 0.5) is 0 Å². The normalized spacial score (nSPS) is 7.88. The highest BCUT2D eigenvalue weighted by atomic mass is 14.6. The Balaban J connectivity index is 3.62. The molecule has 0 atom stereocenters. The van der Waals surface area contributed by atoms with E-state index in [4.69, 9.17) is 0 Å². The van der Waals surface area contributed by atoms with Crippen LogP contribution >= 0.6 is 0 Å². The lowest BCUT2D eigenvalue weighted by atomic mass is 10.2. The maximum Gasteiger partial charge on any atom is 0.0372 e. The molecule has 8 heavy (non-hydrogen) atoms. The van der Waals surface area contributed by atoms with Gasteiger partial charge in [-0.05, 0) is 24.8 Å². The largest absolute Gasteiger partial charge is 0.247 e. The van der Waals surface area contributed by atoms with E-state index in [2.05, 4.69) is 24.7 Å². The van der Waals surface area contributed by atoms with Crippen molar-refractivity contribution in [2.75, 3.05) is 7.05 Å². The zero-order valence-corrected chi connectivity index (χ0v) is 5.86. The van der Waals surface area contributed by atoms with Crippen molar-refractivity contribution >= 4 is 5.87 Å². The summed E-state index contributed by atoms with van der Waals surface area (Å²) >= 11 is 0. The van der Waals surface area contributed by atoms with Gasteiger partial charge in [0.05, 0.1) is 0 Å². The lowest BCUT2D eigenvalue weighted by molar-refractivity contribution is 0.915. The van der Waals surface area contributed by atoms with Gasteiger partial charge in [-0.2, -0.15) is 0 Å². The monoisotopic (exact) mass is 111 g/mol. The standard InChI is InChI=1S/C7H13N/c1-4-5-7(2)6-8-3/h4-5H2,1-3H3. The summed E-state index contributed by atoms with van der Waals surface area (Å²) in [5.74, 6) is 2.89. The minimum atomic E-state index is 1.12. The SMILES string of the molecule is CCCC(C)=C=NC. The molecule has 0 saturated carbocycles. The van der Waals surface area contributed by atoms with Crippen LogP contribution in [0.25, 0.3) is 0 Å². The second-order valence-electron chi connectivity index (χ2n) is 1.87. The van der Waals surface area contributed by atoms with E-state index in [1.54, 1.807) is 7.05 Å². The van der Waals surface area contributed by atoms with Gasteiger partial charge >= 0.3 is 0 Å². The smallest absolute Gasteiger partial charge is 0.0372 e. The van der Waals surface area contributed by atoms with Crippen LogP contribution in [0.2, 0.25) is 0 Å². The van der Waals surface area contributed by atoms with E-state index in [0.717, 1.165) is 6.42 Å². The molecule has 0 bridgehead atoms. The molecule has 0 aromatic carbocycles. The predicted molar refractivity (Wildman–Crippen MR) is 37.5 cm³/mol. The Morgan fingerprint density at radius 1 is 1.62 bits per heavy atom. The maximum absolute atomic E-state index is 3.77. The highest BCUT2D eigenvalue weighted by molar-refractivity contribution is 5.56. The molecule has 0 unspecified atom stereocenters. The molecule has 0 fully saturated rings. The molecule has 0 aliphatic heterocycles. The van der Waals surface area contributed by atoms with Crippen LogP contribution in [0.1, 0.15) is 26.7 Å². The van der Waals surface area contributed by atoms with Crippen molar-refractivity contribution in [3.63, 3.8) is 0 Å². The first kappa shape index (κ1) is 7.45. The number of hydrogen-bond acceptors (Lipinski definition) is 1. The van der Waals surface area contributed by atoms with E-state index in [1.165, 1.54) is 12.0 Å². The van der Waals surface area contributed by atoms with Crippen molar-refractivity contribution < 1.29 is 0 Å². The molecule has 0 aromatic heterocycles. The van der Waals surface area contributed by atoms with Crippen LogP contribution < -0.4 is 0 Å². The van der Waals surface area contributed by atoms with Gasteiger partial charge in [0, 0.05) is 7.05 Å². The summed E-state index contributed by atoms with van der Waals surface area (Å²) in [6.07, 6.45) is 2.31. The summed E-state index contributed by atoms with van der Waals surface area (Å²) in [6, 6.07) is 0. The summed E-state index contributed by atoms with van der Waals surface area (Å²) in [6.45, 7) is 4.21. The third-order valence-electron chi connectivity index (χ3n) is 0.928. The van der Waals surface area contributed by atoms with Gasteiger partial charge in [-0.25, -0.2) is 4.99 Å². The summed E-state index contributed by atoms with van der Waals surface area (Å²) in [5, 5.41) is 0. The molecule has 0 rings (SSSR count). The molecular weight excluding hydrogens is 98.1 g/mol. The van der Waals surface area contributed by atoms with Gasteiger partial charge in [0.15, 0.2) is 0 Å². The van der Waals surface area contributed by atoms with Crippen LogP contribution in [0, 0.1) is 0 Å². The molecule has 1 heteroatoms. The summed E-state index contributed by atoms with van der Waals surface area (Å²) < 4.78 is 0. The van der Waals surface area contributed by atoms with E-state index < -0.39 is 0 Å². The van der Waals surface area contributed by atoms with E-state index in [0.29, 0.717) is 0 Å². The van der Waals surface area contributed by atoms with Crippen LogP contribution in [0.3, 0.4) is 0 Å². The summed E-state index contributed by atoms with van der Waals surface area (Å²) in [7, 11) is 1.75. The number of hydrogen-bond donors (Lipinski definition) is 0. The molecule has 1 nitrogen and oxygen atoms in total. The minimum Gasteiger partial charge on any atom is -0.247 e. The van der Waals surface area contributed by atoms with Crippen LogP contribution in [0.5, 0.6) is 0 Å². The zero-order chi connectivity index (χ0) is 6.41. The molecule has 0 aromatic rings. The van der Waals surface area contributed by atoms with Crippen LogP contribution in [-0.2, 0) is 0 Å². The molecule has 0 radical (unpaired) electrons. The molecule has 0 spiro atoms. The number of rotatable bonds is 2. The molecule has 0 heterocycles. The Hall–Kier alpha value is -0.550. The lowest BCUT2D eigenvalue weighted by Gasteiger charge is -1.87. The van der Waals surface area contributed by atoms with Crippen molar-refractivity contribution in [2.45, 2.75) is 26.7 Å². The van der Waals surface area contributed by atoms with E-state index in [9.17, 15) is 0 Å². The van der Waals surface area contributed by atoms with E-state index in [-0.39, 0.29) is 0 Å². The topological polar surface area (TPSA) is 12.4 Å². The average molecular weight is 111 g/mol. The molecule has 0 aliphatic carbocycles. The van der Waals surface area contributed by atoms with Gasteiger partial charge in [0.25, 0.3) is 0 Å². The van der Waals surface area contributed by atoms with Gasteiger partial charge < -0.3 is 0 Å². The quantitative estimate of drug-likeness (QED) is 0.483. The Morgan fingerprint density at radius 3 is 2.62 bits per heavy atom. The highest BCUT2D eigenvalue weighted by Crippen LogP contribution is 1.96. The number of aliphatic imine (C=N–C) groups is 1. The Labute approximate surface area is 51.1 Å². The highest BCUT2D eigenvalue weighted by Gasteiger charge is 1.81. The molecule has 0 aliphatic rings. The fourth-order valence-electron chi connectivity index (χ4n) is 0.622. The van der Waals surface area contributed by atoms with Crippen LogP contribution in [-0.4, -0.2) is 12.9 Å². The third kappa shape index (κ3) is 3.63.